The first kappa shape index (κ1) is 10.1. The maximum atomic E-state index is 5.93. The summed E-state index contributed by atoms with van der Waals surface area (Å²) in [6, 6.07) is 5.65. The van der Waals surface area contributed by atoms with Gasteiger partial charge in [0.2, 0.25) is 0 Å². The molecule has 0 spiro atoms. The summed E-state index contributed by atoms with van der Waals surface area (Å²) in [5.74, 6) is 0. The molecule has 0 saturated heterocycles. The van der Waals surface area contributed by atoms with Crippen molar-refractivity contribution in [3.05, 3.63) is 33.8 Å². The minimum atomic E-state index is -0.133. The summed E-state index contributed by atoms with van der Waals surface area (Å²) in [6.07, 6.45) is 0. The summed E-state index contributed by atoms with van der Waals surface area (Å²) >= 11 is 15.0. The van der Waals surface area contributed by atoms with E-state index in [0.717, 1.165) is 9.57 Å². The summed E-state index contributed by atoms with van der Waals surface area (Å²) in [5.41, 5.74) is 1.19. The van der Waals surface area contributed by atoms with Crippen LogP contribution in [0.1, 0.15) is 5.56 Å². The summed E-state index contributed by atoms with van der Waals surface area (Å²) in [4.78, 5) is 0. The molecular formula is C7H5BrCl2Mg. The second-order valence-corrected chi connectivity index (χ2v) is 6.28. The lowest BCUT2D eigenvalue weighted by Gasteiger charge is -2.00. The van der Waals surface area contributed by atoms with Gasteiger partial charge in [0.15, 0.2) is 0 Å². The normalized spacial score (nSPS) is 9.36. The molecule has 0 N–H and O–H groups in total. The van der Waals surface area contributed by atoms with Crippen molar-refractivity contribution < 1.29 is 0 Å². The second kappa shape index (κ2) is 4.92. The van der Waals surface area contributed by atoms with E-state index < -0.39 is 0 Å². The van der Waals surface area contributed by atoms with Crippen LogP contribution in [-0.4, -0.2) is 18.2 Å². The van der Waals surface area contributed by atoms with Crippen LogP contribution in [0.4, 0.5) is 0 Å². The number of hydrogen-bond donors (Lipinski definition) is 0. The van der Waals surface area contributed by atoms with E-state index in [9.17, 15) is 0 Å². The van der Waals surface area contributed by atoms with Crippen molar-refractivity contribution in [2.24, 2.45) is 0 Å². The molecule has 0 radical (unpaired) electrons. The van der Waals surface area contributed by atoms with Crippen LogP contribution >= 0.6 is 36.1 Å². The van der Waals surface area contributed by atoms with E-state index >= 15 is 0 Å². The topological polar surface area (TPSA) is 0 Å². The van der Waals surface area contributed by atoms with Crippen LogP contribution in [0.2, 0.25) is 10.0 Å². The summed E-state index contributed by atoms with van der Waals surface area (Å²) < 4.78 is 1.08. The Hall–Kier alpha value is 1.05. The lowest BCUT2D eigenvalue weighted by molar-refractivity contribution is 1.40. The maximum absolute atomic E-state index is 5.93. The maximum Gasteiger partial charge on any atom is 0.473 e. The van der Waals surface area contributed by atoms with Gasteiger partial charge in [0.1, 0.15) is 0 Å². The van der Waals surface area contributed by atoms with Crippen LogP contribution in [0.15, 0.2) is 18.2 Å². The number of benzene rings is 1. The number of hydrogen-bond acceptors (Lipinski definition) is 0. The molecule has 0 nitrogen and oxygen atoms in total. The molecule has 0 heterocycles. The highest BCUT2D eigenvalue weighted by molar-refractivity contribution is 9.23. The highest BCUT2D eigenvalue weighted by atomic mass is 79.9. The highest BCUT2D eigenvalue weighted by Crippen LogP contribution is 2.21. The lowest BCUT2D eigenvalue weighted by atomic mass is 10.2. The van der Waals surface area contributed by atoms with Gasteiger partial charge in [0.05, 0.1) is 0 Å². The molecule has 56 valence electrons. The third kappa shape index (κ3) is 3.11. The average molecular weight is 264 g/mol. The van der Waals surface area contributed by atoms with Crippen LogP contribution in [0, 0.1) is 0 Å². The number of rotatable bonds is 2. The zero-order valence-corrected chi connectivity index (χ0v) is 10.3. The van der Waals surface area contributed by atoms with Crippen LogP contribution in [-0.2, 0) is 4.55 Å². The van der Waals surface area contributed by atoms with Gasteiger partial charge in [-0.2, -0.15) is 0 Å². The molecule has 0 aromatic heterocycles. The van der Waals surface area contributed by atoms with E-state index in [1.54, 1.807) is 6.07 Å². The molecule has 0 aliphatic heterocycles. The van der Waals surface area contributed by atoms with E-state index in [4.69, 9.17) is 23.2 Å². The van der Waals surface area contributed by atoms with Crippen molar-refractivity contribution in [3.63, 3.8) is 0 Å². The molecule has 0 aliphatic rings. The third-order valence-corrected chi connectivity index (χ3v) is 3.88. The first-order chi connectivity index (χ1) is 5.24. The molecule has 0 saturated carbocycles. The van der Waals surface area contributed by atoms with Gasteiger partial charge in [-0.05, 0) is 12.1 Å². The minimum Gasteiger partial charge on any atom is -0.306 e. The molecule has 0 atom stereocenters. The Labute approximate surface area is 91.9 Å². The Morgan fingerprint density at radius 1 is 1.36 bits per heavy atom. The van der Waals surface area contributed by atoms with Crippen molar-refractivity contribution in [3.8, 4) is 0 Å². The van der Waals surface area contributed by atoms with Crippen LogP contribution in [0.25, 0.3) is 0 Å². The molecule has 1 rings (SSSR count). The van der Waals surface area contributed by atoms with Gasteiger partial charge in [-0.25, -0.2) is 0 Å². The van der Waals surface area contributed by atoms with Crippen molar-refractivity contribution in [1.82, 2.24) is 0 Å². The lowest BCUT2D eigenvalue weighted by Crippen LogP contribution is -1.89. The fourth-order valence-corrected chi connectivity index (χ4v) is 3.41. The van der Waals surface area contributed by atoms with E-state index in [2.05, 4.69) is 12.9 Å². The SMILES string of the molecule is Clc1ccc([CH2][Mg][Br])c(Cl)c1. The van der Waals surface area contributed by atoms with Crippen LogP contribution in [0.5, 0.6) is 0 Å². The van der Waals surface area contributed by atoms with Gasteiger partial charge in [-0.1, -0.05) is 34.8 Å². The molecule has 0 bridgehead atoms. The smallest absolute Gasteiger partial charge is 0.306 e. The molecule has 1 aromatic rings. The Bertz CT molecular complexity index is 252. The molecule has 0 aliphatic carbocycles. The van der Waals surface area contributed by atoms with Gasteiger partial charge in [0, 0.05) is 10.0 Å². The van der Waals surface area contributed by atoms with E-state index in [1.807, 2.05) is 12.1 Å². The molecule has 11 heavy (non-hydrogen) atoms. The predicted octanol–water partition coefficient (Wildman–Crippen LogP) is 3.51. The molecule has 0 amide bonds. The fourth-order valence-electron chi connectivity index (χ4n) is 0.826. The average Bonchev–Trinajstić information content (AvgIpc) is 1.95. The fraction of sp³-hybridized carbons (Fsp3) is 0.143. The Balaban J connectivity index is 2.90. The standard InChI is InChI=1S/C7H5Cl2.BrH.Mg/c1-5-2-3-6(8)4-7(5)9;;/h2-4H,1H2;1H;/q;;+1/p-1. The van der Waals surface area contributed by atoms with Crippen molar-refractivity contribution >= 4 is 54.3 Å². The predicted molar refractivity (Wildman–Crippen MR) is 54.8 cm³/mol. The third-order valence-electron chi connectivity index (χ3n) is 1.38. The molecule has 4 heteroatoms. The Morgan fingerprint density at radius 2 is 2.09 bits per heavy atom. The van der Waals surface area contributed by atoms with E-state index in [1.165, 1.54) is 5.56 Å². The van der Waals surface area contributed by atoms with Crippen LogP contribution < -0.4 is 0 Å². The van der Waals surface area contributed by atoms with Gasteiger partial charge < -0.3 is 12.9 Å². The summed E-state index contributed by atoms with van der Waals surface area (Å²) in [5, 5.41) is 1.49. The van der Waals surface area contributed by atoms with Crippen molar-refractivity contribution in [2.75, 3.05) is 0 Å². The largest absolute Gasteiger partial charge is 0.473 e. The number of halogens is 3. The Kier molecular flexibility index (Phi) is 4.53. The Morgan fingerprint density at radius 3 is 2.64 bits per heavy atom. The zero-order chi connectivity index (χ0) is 8.27. The van der Waals surface area contributed by atoms with Crippen molar-refractivity contribution in [1.29, 1.82) is 0 Å². The van der Waals surface area contributed by atoms with Gasteiger partial charge >= 0.3 is 18.2 Å². The monoisotopic (exact) mass is 262 g/mol. The van der Waals surface area contributed by atoms with E-state index in [0.29, 0.717) is 5.02 Å². The first-order valence-electron chi connectivity index (χ1n) is 3.24. The summed E-state index contributed by atoms with van der Waals surface area (Å²) in [7, 11) is 0. The molecular weight excluding hydrogens is 259 g/mol. The first-order valence-corrected chi connectivity index (χ1v) is 8.89. The quantitative estimate of drug-likeness (QED) is 0.717. The van der Waals surface area contributed by atoms with Crippen molar-refractivity contribution in [2.45, 2.75) is 4.55 Å². The second-order valence-electron chi connectivity index (χ2n) is 2.17. The highest BCUT2D eigenvalue weighted by Gasteiger charge is 2.00. The van der Waals surface area contributed by atoms with E-state index in [-0.39, 0.29) is 18.2 Å². The summed E-state index contributed by atoms with van der Waals surface area (Å²) in [6.45, 7) is 0. The minimum absolute atomic E-state index is 0.133. The molecule has 0 unspecified atom stereocenters. The zero-order valence-electron chi connectivity index (χ0n) is 5.78. The molecule has 0 fully saturated rings. The van der Waals surface area contributed by atoms with Crippen LogP contribution in [0.3, 0.4) is 0 Å². The van der Waals surface area contributed by atoms with Gasteiger partial charge in [0.25, 0.3) is 0 Å². The molecule has 1 aromatic carbocycles. The van der Waals surface area contributed by atoms with Gasteiger partial charge in [-0.15, -0.1) is 4.55 Å². The van der Waals surface area contributed by atoms with Gasteiger partial charge in [-0.3, -0.25) is 0 Å².